The molecule has 1 spiro atoms. The first-order valence-electron chi connectivity index (χ1n) is 27.2. The van der Waals surface area contributed by atoms with Crippen LogP contribution in [-0.2, 0) is 16.2 Å². The molecule has 10 aromatic rings. The monoisotopic (exact) mass is 927 g/mol. The van der Waals surface area contributed by atoms with Crippen LogP contribution in [0.5, 0.6) is 0 Å². The molecule has 2 aliphatic carbocycles. The maximum absolute atomic E-state index is 2.68. The lowest BCUT2D eigenvalue weighted by Gasteiger charge is -2.34. The first-order valence-corrected chi connectivity index (χ1v) is 27.2. The van der Waals surface area contributed by atoms with E-state index >= 15 is 0 Å². The highest BCUT2D eigenvalue weighted by molar-refractivity contribution is 6.10. The van der Waals surface area contributed by atoms with Crippen LogP contribution in [0.4, 0.5) is 0 Å². The molecule has 2 aliphatic rings. The summed E-state index contributed by atoms with van der Waals surface area (Å²) in [6, 6.07) is 66.2. The Morgan fingerprint density at radius 1 is 0.338 bits per heavy atom. The van der Waals surface area contributed by atoms with Crippen molar-refractivity contribution in [1.82, 2.24) is 9.13 Å². The summed E-state index contributed by atoms with van der Waals surface area (Å²) < 4.78 is 5.05. The summed E-state index contributed by atoms with van der Waals surface area (Å²) in [7, 11) is 0. The van der Waals surface area contributed by atoms with Crippen LogP contribution >= 0.6 is 0 Å². The second-order valence-corrected chi connectivity index (χ2v) is 22.6. The van der Waals surface area contributed by atoms with Crippen molar-refractivity contribution < 1.29 is 0 Å². The number of fused-ring (bicyclic) bond motifs is 16. The summed E-state index contributed by atoms with van der Waals surface area (Å²) in [6.07, 6.45) is 15.3. The minimum Gasteiger partial charge on any atom is -0.309 e. The number of rotatable bonds is 16. The molecule has 2 heteroatoms. The molecule has 0 unspecified atom stereocenters. The molecule has 0 radical (unpaired) electrons. The van der Waals surface area contributed by atoms with E-state index in [9.17, 15) is 0 Å². The van der Waals surface area contributed by atoms with Crippen molar-refractivity contribution in [3.05, 3.63) is 203 Å². The molecule has 0 atom stereocenters. The number of unbranched alkanes of at least 4 members (excludes halogenated alkanes) is 8. The van der Waals surface area contributed by atoms with E-state index in [1.807, 2.05) is 0 Å². The fraction of sp³-hybridized carbons (Fsp3) is 0.304. The fourth-order valence-corrected chi connectivity index (χ4v) is 13.4. The van der Waals surface area contributed by atoms with Crippen LogP contribution in [-0.4, -0.2) is 9.13 Å². The standard InChI is InChI=1S/C69H70N2/c1-7-9-11-13-23-41-67(3,4)47-33-37-51-52-38-34-48(68(5,6)42-24-14-12-10-8-2)44-60(52)69(59(51)43-47)61-45-49(70-63-29-19-15-25-55(63)56-26-16-20-30-64(56)70)35-39-53(61)54-40-36-50(46-62(54)69)71-65-31-21-17-27-57(65)58-28-18-22-32-66(58)71/h15-22,25-40,43-46H,7-14,23-24,41-42H2,1-6H3. The number of para-hydroxylation sites is 4. The first kappa shape index (κ1) is 45.5. The van der Waals surface area contributed by atoms with Crippen LogP contribution in [0.2, 0.25) is 0 Å². The highest BCUT2D eigenvalue weighted by atomic mass is 15.0. The minimum atomic E-state index is -0.570. The number of hydrogen-bond acceptors (Lipinski definition) is 0. The molecular formula is C69H70N2. The lowest BCUT2D eigenvalue weighted by Crippen LogP contribution is -2.28. The van der Waals surface area contributed by atoms with Crippen LogP contribution in [0, 0.1) is 0 Å². The van der Waals surface area contributed by atoms with Crippen molar-refractivity contribution in [3.8, 4) is 33.6 Å². The van der Waals surface area contributed by atoms with Gasteiger partial charge in [-0.05, 0) is 128 Å². The highest BCUT2D eigenvalue weighted by Crippen LogP contribution is 2.64. The van der Waals surface area contributed by atoms with Crippen molar-refractivity contribution in [2.45, 2.75) is 135 Å². The summed E-state index contributed by atoms with van der Waals surface area (Å²) in [5.41, 5.74) is 20.8. The molecule has 12 rings (SSSR count). The predicted octanol–water partition coefficient (Wildman–Crippen LogP) is 19.5. The molecule has 0 N–H and O–H groups in total. The van der Waals surface area contributed by atoms with Crippen molar-refractivity contribution in [1.29, 1.82) is 0 Å². The van der Waals surface area contributed by atoms with Crippen LogP contribution in [0.1, 0.15) is 152 Å². The summed E-state index contributed by atoms with van der Waals surface area (Å²) in [5.74, 6) is 0. The van der Waals surface area contributed by atoms with Crippen molar-refractivity contribution >= 4 is 43.6 Å². The van der Waals surface area contributed by atoms with E-state index in [0.29, 0.717) is 0 Å². The van der Waals surface area contributed by atoms with Gasteiger partial charge in [0.1, 0.15) is 0 Å². The molecule has 2 heterocycles. The van der Waals surface area contributed by atoms with Crippen molar-refractivity contribution in [2.24, 2.45) is 0 Å². The Balaban J connectivity index is 1.14. The van der Waals surface area contributed by atoms with E-state index in [-0.39, 0.29) is 10.8 Å². The van der Waals surface area contributed by atoms with Crippen molar-refractivity contribution in [3.63, 3.8) is 0 Å². The van der Waals surface area contributed by atoms with Gasteiger partial charge in [0, 0.05) is 32.9 Å². The van der Waals surface area contributed by atoms with Gasteiger partial charge in [0.25, 0.3) is 0 Å². The average molecular weight is 927 g/mol. The predicted molar refractivity (Wildman–Crippen MR) is 304 cm³/mol. The van der Waals surface area contributed by atoms with E-state index in [1.54, 1.807) is 0 Å². The van der Waals surface area contributed by atoms with Gasteiger partial charge in [-0.15, -0.1) is 0 Å². The Hall–Kier alpha value is -6.64. The van der Waals surface area contributed by atoms with Gasteiger partial charge in [-0.25, -0.2) is 0 Å². The van der Waals surface area contributed by atoms with Crippen LogP contribution < -0.4 is 0 Å². The highest BCUT2D eigenvalue weighted by Gasteiger charge is 2.53. The third-order valence-corrected chi connectivity index (χ3v) is 17.3. The van der Waals surface area contributed by atoms with Gasteiger partial charge in [0.2, 0.25) is 0 Å². The van der Waals surface area contributed by atoms with Gasteiger partial charge in [0.05, 0.1) is 27.5 Å². The Morgan fingerprint density at radius 2 is 0.648 bits per heavy atom. The zero-order chi connectivity index (χ0) is 48.5. The summed E-state index contributed by atoms with van der Waals surface area (Å²) in [5, 5.41) is 5.16. The van der Waals surface area contributed by atoms with Crippen LogP contribution in [0.25, 0.3) is 77.2 Å². The lowest BCUT2D eigenvalue weighted by molar-refractivity contribution is 0.443. The molecule has 0 saturated heterocycles. The Labute approximate surface area is 422 Å². The number of benzene rings is 8. The third kappa shape index (κ3) is 7.25. The number of aromatic nitrogens is 2. The zero-order valence-corrected chi connectivity index (χ0v) is 43.0. The minimum absolute atomic E-state index is 0.0159. The second-order valence-electron chi connectivity index (χ2n) is 22.6. The van der Waals surface area contributed by atoms with E-state index in [4.69, 9.17) is 0 Å². The van der Waals surface area contributed by atoms with Crippen LogP contribution in [0.3, 0.4) is 0 Å². The van der Waals surface area contributed by atoms with Crippen molar-refractivity contribution in [2.75, 3.05) is 0 Å². The molecule has 0 fully saturated rings. The van der Waals surface area contributed by atoms with Gasteiger partial charge in [-0.3, -0.25) is 0 Å². The third-order valence-electron chi connectivity index (χ3n) is 17.3. The summed E-state index contributed by atoms with van der Waals surface area (Å²) in [6.45, 7) is 14.6. The number of nitrogens with zero attached hydrogens (tertiary/aromatic N) is 2. The van der Waals surface area contributed by atoms with E-state index in [0.717, 1.165) is 0 Å². The molecular weight excluding hydrogens is 857 g/mol. The molecule has 71 heavy (non-hydrogen) atoms. The maximum Gasteiger partial charge on any atom is 0.0727 e. The summed E-state index contributed by atoms with van der Waals surface area (Å²) in [4.78, 5) is 0. The Kier molecular flexibility index (Phi) is 11.5. The quantitative estimate of drug-likeness (QED) is 0.0855. The number of hydrogen-bond donors (Lipinski definition) is 0. The van der Waals surface area contributed by atoms with Crippen LogP contribution in [0.15, 0.2) is 170 Å². The smallest absolute Gasteiger partial charge is 0.0727 e. The van der Waals surface area contributed by atoms with E-state index < -0.39 is 5.41 Å². The zero-order valence-electron chi connectivity index (χ0n) is 43.0. The van der Waals surface area contributed by atoms with Gasteiger partial charge >= 0.3 is 0 Å². The molecule has 0 aliphatic heterocycles. The lowest BCUT2D eigenvalue weighted by atomic mass is 9.68. The van der Waals surface area contributed by atoms with Gasteiger partial charge in [-0.2, -0.15) is 0 Å². The topological polar surface area (TPSA) is 9.86 Å². The molecule has 2 aromatic heterocycles. The molecule has 356 valence electrons. The SMILES string of the molecule is CCCCCCCC(C)(C)c1ccc2c(c1)C1(c3cc(-n4c5ccccc5c5ccccc54)ccc3-c3ccc(-n4c5ccccc5c5ccccc54)cc31)c1cc(C(C)(C)CCCCCCC)ccc1-2. The van der Waals surface area contributed by atoms with Gasteiger partial charge in [-0.1, -0.05) is 227 Å². The van der Waals surface area contributed by atoms with Gasteiger partial charge in [0.15, 0.2) is 0 Å². The summed E-state index contributed by atoms with van der Waals surface area (Å²) >= 11 is 0. The molecule has 8 aromatic carbocycles. The Bertz CT molecular complexity index is 3300. The molecule has 0 bridgehead atoms. The van der Waals surface area contributed by atoms with Gasteiger partial charge < -0.3 is 9.13 Å². The molecule has 2 nitrogen and oxygen atoms in total. The maximum atomic E-state index is 2.68. The van der Waals surface area contributed by atoms with E-state index in [2.05, 4.69) is 221 Å². The first-order chi connectivity index (χ1) is 34.7. The largest absolute Gasteiger partial charge is 0.309 e. The normalized spacial score (nSPS) is 13.7. The fourth-order valence-electron chi connectivity index (χ4n) is 13.4. The average Bonchev–Trinajstić information content (AvgIpc) is 4.10. The van der Waals surface area contributed by atoms with E-state index in [1.165, 1.54) is 188 Å². The molecule has 0 saturated carbocycles. The second kappa shape index (κ2) is 17.9. The molecule has 0 amide bonds. The Morgan fingerprint density at radius 3 is 1.00 bits per heavy atom.